The Bertz CT molecular complexity index is 1750. The molecule has 26 heteroatoms. The minimum Gasteiger partial charge on any atom is -0.463 e. The molecule has 0 bridgehead atoms. The van der Waals surface area contributed by atoms with Gasteiger partial charge in [-0.25, -0.2) is 0 Å². The van der Waals surface area contributed by atoms with E-state index in [-0.39, 0.29) is 0 Å². The van der Waals surface area contributed by atoms with Crippen LogP contribution in [0.2, 0.25) is 0 Å². The number of carbonyl (C=O) groups is 10. The van der Waals surface area contributed by atoms with Crippen molar-refractivity contribution in [2.45, 2.75) is 155 Å². The highest BCUT2D eigenvalue weighted by Crippen LogP contribution is 2.42. The number of hydrogen-bond donors (Lipinski definition) is 1. The summed E-state index contributed by atoms with van der Waals surface area (Å²) in [6.45, 7) is 6.69. The van der Waals surface area contributed by atoms with E-state index >= 15 is 0 Å². The van der Waals surface area contributed by atoms with Gasteiger partial charge in [0.05, 0.1) is 6.61 Å². The first-order valence-electron chi connectivity index (χ1n) is 19.4. The minimum absolute atomic E-state index is 0.632. The van der Waals surface area contributed by atoms with Crippen molar-refractivity contribution in [3.05, 3.63) is 0 Å². The van der Waals surface area contributed by atoms with Gasteiger partial charge in [-0.1, -0.05) is 0 Å². The van der Waals surface area contributed by atoms with Crippen LogP contribution in [0.4, 0.5) is 0 Å². The van der Waals surface area contributed by atoms with Gasteiger partial charge in [0.2, 0.25) is 5.79 Å². The zero-order valence-electron chi connectivity index (χ0n) is 36.5. The summed E-state index contributed by atoms with van der Waals surface area (Å²) in [6.07, 6.45) is -23.1. The van der Waals surface area contributed by atoms with Gasteiger partial charge in [-0.05, 0) is 0 Å². The molecule has 0 amide bonds. The molecule has 1 unspecified atom stereocenters. The Morgan fingerprint density at radius 1 is 0.422 bits per heavy atom. The number of aliphatic hydroxyl groups is 1. The maximum Gasteiger partial charge on any atom is 0.303 e. The van der Waals surface area contributed by atoms with Gasteiger partial charge in [0.1, 0.15) is 38.1 Å². The quantitative estimate of drug-likeness (QED) is 0.116. The summed E-state index contributed by atoms with van der Waals surface area (Å²) in [5.41, 5.74) is 0. The summed E-state index contributed by atoms with van der Waals surface area (Å²) in [5, 5.41) is 11.4. The number of aliphatic hydroxyl groups excluding tert-OH is 1. The lowest BCUT2D eigenvalue weighted by Crippen LogP contribution is -2.65. The van der Waals surface area contributed by atoms with Crippen molar-refractivity contribution in [2.75, 3.05) is 26.4 Å². The molecule has 3 fully saturated rings. The number of hydrogen-bond acceptors (Lipinski definition) is 26. The smallest absolute Gasteiger partial charge is 0.303 e. The van der Waals surface area contributed by atoms with Gasteiger partial charge in [0.25, 0.3) is 0 Å². The van der Waals surface area contributed by atoms with Crippen LogP contribution in [0.15, 0.2) is 0 Å². The fraction of sp³-hybridized carbons (Fsp3) is 0.737. The van der Waals surface area contributed by atoms with Crippen LogP contribution in [0.1, 0.15) is 69.2 Å². The summed E-state index contributed by atoms with van der Waals surface area (Å²) in [4.78, 5) is 123. The predicted octanol–water partition coefficient (Wildman–Crippen LogP) is -1.86. The molecule has 14 atom stereocenters. The van der Waals surface area contributed by atoms with E-state index in [4.69, 9.17) is 71.1 Å². The van der Waals surface area contributed by atoms with Crippen LogP contribution in [0.5, 0.6) is 0 Å². The Morgan fingerprint density at radius 2 is 0.812 bits per heavy atom. The van der Waals surface area contributed by atoms with Crippen molar-refractivity contribution >= 4 is 59.7 Å². The maximum atomic E-state index is 12.8. The summed E-state index contributed by atoms with van der Waals surface area (Å²) in [7, 11) is 0. The highest BCUT2D eigenvalue weighted by molar-refractivity contribution is 5.70. The Hall–Kier alpha value is -5.54. The monoisotopic (exact) mass is 924 g/mol. The minimum atomic E-state index is -2.70. The van der Waals surface area contributed by atoms with Crippen LogP contribution >= 0.6 is 0 Å². The lowest BCUT2D eigenvalue weighted by molar-refractivity contribution is -0.369. The molecule has 0 aromatic carbocycles. The first kappa shape index (κ1) is 52.8. The fourth-order valence-electron chi connectivity index (χ4n) is 6.83. The van der Waals surface area contributed by atoms with Crippen molar-refractivity contribution in [2.24, 2.45) is 0 Å². The third-order valence-electron chi connectivity index (χ3n) is 8.89. The van der Waals surface area contributed by atoms with Crippen LogP contribution in [0, 0.1) is 0 Å². The van der Waals surface area contributed by atoms with Crippen LogP contribution in [-0.2, 0) is 119 Å². The zero-order chi connectivity index (χ0) is 48.2. The summed E-state index contributed by atoms with van der Waals surface area (Å²) >= 11 is 0. The van der Waals surface area contributed by atoms with Crippen molar-refractivity contribution < 1.29 is 124 Å². The molecule has 360 valence electrons. The van der Waals surface area contributed by atoms with Crippen LogP contribution in [0.3, 0.4) is 0 Å². The molecule has 0 aromatic rings. The molecule has 0 aromatic heterocycles. The second kappa shape index (κ2) is 23.4. The van der Waals surface area contributed by atoms with E-state index in [1.54, 1.807) is 0 Å². The third-order valence-corrected chi connectivity index (χ3v) is 8.89. The maximum absolute atomic E-state index is 12.8. The summed E-state index contributed by atoms with van der Waals surface area (Å²) < 4.78 is 83.8. The van der Waals surface area contributed by atoms with Gasteiger partial charge in [0, 0.05) is 69.2 Å². The highest BCUT2D eigenvalue weighted by Gasteiger charge is 2.65. The van der Waals surface area contributed by atoms with E-state index in [9.17, 15) is 53.1 Å². The van der Waals surface area contributed by atoms with Crippen LogP contribution in [-0.4, -0.2) is 177 Å². The molecule has 3 aliphatic rings. The van der Waals surface area contributed by atoms with Crippen molar-refractivity contribution in [1.82, 2.24) is 0 Å². The molecule has 3 heterocycles. The van der Waals surface area contributed by atoms with Gasteiger partial charge >= 0.3 is 59.7 Å². The second-order valence-corrected chi connectivity index (χ2v) is 14.4. The van der Waals surface area contributed by atoms with E-state index < -0.39 is 172 Å². The predicted molar refractivity (Wildman–Crippen MR) is 197 cm³/mol. The molecular weight excluding hydrogens is 872 g/mol. The first-order valence-corrected chi connectivity index (χ1v) is 19.4. The van der Waals surface area contributed by atoms with Gasteiger partial charge in [-0.15, -0.1) is 0 Å². The third kappa shape index (κ3) is 15.0. The van der Waals surface area contributed by atoms with Crippen molar-refractivity contribution in [3.8, 4) is 0 Å². The normalized spacial score (nSPS) is 32.1. The second-order valence-electron chi connectivity index (χ2n) is 14.4. The molecule has 3 rings (SSSR count). The lowest BCUT2D eigenvalue weighted by Gasteiger charge is -2.46. The van der Waals surface area contributed by atoms with Crippen molar-refractivity contribution in [1.29, 1.82) is 0 Å². The van der Waals surface area contributed by atoms with Gasteiger partial charge < -0.3 is 76.2 Å². The lowest BCUT2D eigenvalue weighted by atomic mass is 9.97. The molecule has 1 N–H and O–H groups in total. The molecular formula is C38H52O26. The molecule has 0 radical (unpaired) electrons. The summed E-state index contributed by atoms with van der Waals surface area (Å²) in [6, 6.07) is 0. The number of ether oxygens (including phenoxy) is 15. The Morgan fingerprint density at radius 3 is 1.25 bits per heavy atom. The van der Waals surface area contributed by atoms with Gasteiger partial charge in [-0.2, -0.15) is 0 Å². The molecule has 0 spiro atoms. The molecule has 0 aliphatic carbocycles. The average Bonchev–Trinajstić information content (AvgIpc) is 3.41. The standard InChI is InChI=1S/C38H52O26/c1-15(39)50-11-25-28(54-18(4)42)31(57-21(7)45)33(36(49)61-25)64-38(14-53-17(3)41)35(60-24(10)48)30(56-20(6)44)27(63-38)13-52-37-34(59-23(9)47)32(58-22(8)46)29(55-19(5)43)26(62-37)12-51-16(2)40/h25-37,49H,11-14H2,1-10H3/t25-,26-,27-,28-,29+,30-,31+,32+,33?,34-,35+,36+,37+,38+/m1/s1. The van der Waals surface area contributed by atoms with Crippen molar-refractivity contribution in [3.63, 3.8) is 0 Å². The summed E-state index contributed by atoms with van der Waals surface area (Å²) in [5.74, 6) is -12.2. The van der Waals surface area contributed by atoms with E-state index in [0.29, 0.717) is 0 Å². The molecule has 26 nitrogen and oxygen atoms in total. The number of rotatable bonds is 18. The number of carbonyl (C=O) groups excluding carboxylic acids is 10. The molecule has 0 saturated carbocycles. The van der Waals surface area contributed by atoms with Gasteiger partial charge in [0.15, 0.2) is 61.4 Å². The Labute approximate surface area is 364 Å². The zero-order valence-corrected chi connectivity index (χ0v) is 36.5. The SMILES string of the molecule is CC(=O)OC[C@H]1O[C@H](OC[C@H]2O[C@@](COC(C)=O)(OC3[C@@H](OC(C)=O)[C@H](OC(C)=O)[C@@H](COC(C)=O)O[C@@H]3O)[C@@H](OC(C)=O)[C@@H]2OC(C)=O)[C@H](OC(C)=O)[C@@H](OC(C)=O)[C@H]1OC(C)=O. The molecule has 3 saturated heterocycles. The van der Waals surface area contributed by atoms with E-state index in [2.05, 4.69) is 0 Å². The van der Waals surface area contributed by atoms with E-state index in [1.165, 1.54) is 0 Å². The van der Waals surface area contributed by atoms with E-state index in [0.717, 1.165) is 69.2 Å². The molecule has 64 heavy (non-hydrogen) atoms. The highest BCUT2D eigenvalue weighted by atomic mass is 16.8. The topological polar surface area (TPSA) is 329 Å². The Balaban J connectivity index is 2.20. The fourth-order valence-corrected chi connectivity index (χ4v) is 6.83. The van der Waals surface area contributed by atoms with Crippen LogP contribution < -0.4 is 0 Å². The van der Waals surface area contributed by atoms with Gasteiger partial charge in [-0.3, -0.25) is 47.9 Å². The first-order chi connectivity index (χ1) is 29.8. The largest absolute Gasteiger partial charge is 0.463 e. The molecule has 3 aliphatic heterocycles. The van der Waals surface area contributed by atoms with Crippen LogP contribution in [0.25, 0.3) is 0 Å². The number of esters is 10. The van der Waals surface area contributed by atoms with E-state index in [1.807, 2.05) is 0 Å². The Kier molecular flexibility index (Phi) is 19.3. The average molecular weight is 925 g/mol.